The lowest BCUT2D eigenvalue weighted by molar-refractivity contribution is 0.548. The Morgan fingerprint density at radius 2 is 1.83 bits per heavy atom. The molecule has 0 saturated carbocycles. The number of benzene rings is 1. The van der Waals surface area contributed by atoms with E-state index in [4.69, 9.17) is 0 Å². The molecule has 1 N–H and O–H groups in total. The van der Waals surface area contributed by atoms with Gasteiger partial charge in [0.25, 0.3) is 0 Å². The molecule has 0 radical (unpaired) electrons. The maximum absolute atomic E-state index is 13.7. The standard InChI is InChI=1S/C13H11F3N2/c1-17-13(8-4-10(15)7-18-6-8)11-3-2-9(14)5-12(11)16/h2-7,13,17H,1H3. The first-order valence-electron chi connectivity index (χ1n) is 5.34. The number of rotatable bonds is 3. The normalized spacial score (nSPS) is 12.4. The van der Waals surface area contributed by atoms with Crippen molar-refractivity contribution in [2.45, 2.75) is 6.04 Å². The van der Waals surface area contributed by atoms with Crippen LogP contribution in [-0.2, 0) is 0 Å². The van der Waals surface area contributed by atoms with E-state index >= 15 is 0 Å². The topological polar surface area (TPSA) is 24.9 Å². The molecule has 18 heavy (non-hydrogen) atoms. The third kappa shape index (κ3) is 2.51. The van der Waals surface area contributed by atoms with E-state index < -0.39 is 23.5 Å². The Labute approximate surface area is 102 Å². The zero-order chi connectivity index (χ0) is 13.1. The predicted octanol–water partition coefficient (Wildman–Crippen LogP) is 2.81. The summed E-state index contributed by atoms with van der Waals surface area (Å²) in [6.45, 7) is 0. The van der Waals surface area contributed by atoms with E-state index in [9.17, 15) is 13.2 Å². The molecule has 2 aromatic rings. The van der Waals surface area contributed by atoms with Crippen LogP contribution < -0.4 is 5.32 Å². The van der Waals surface area contributed by atoms with Gasteiger partial charge in [-0.2, -0.15) is 0 Å². The molecule has 0 aliphatic heterocycles. The summed E-state index contributed by atoms with van der Waals surface area (Å²) in [6, 6.07) is 3.98. The fraction of sp³-hybridized carbons (Fsp3) is 0.154. The number of nitrogens with zero attached hydrogens (tertiary/aromatic N) is 1. The summed E-state index contributed by atoms with van der Waals surface area (Å²) < 4.78 is 39.6. The monoisotopic (exact) mass is 252 g/mol. The van der Waals surface area contributed by atoms with Gasteiger partial charge in [0.05, 0.1) is 12.2 Å². The van der Waals surface area contributed by atoms with Crippen LogP contribution in [0.25, 0.3) is 0 Å². The molecule has 1 aromatic carbocycles. The lowest BCUT2D eigenvalue weighted by Gasteiger charge is -2.17. The maximum atomic E-state index is 13.7. The van der Waals surface area contributed by atoms with Crippen molar-refractivity contribution < 1.29 is 13.2 Å². The smallest absolute Gasteiger partial charge is 0.141 e. The van der Waals surface area contributed by atoms with Gasteiger partial charge in [-0.25, -0.2) is 13.2 Å². The van der Waals surface area contributed by atoms with E-state index in [0.29, 0.717) is 5.56 Å². The van der Waals surface area contributed by atoms with Crippen LogP contribution in [0.4, 0.5) is 13.2 Å². The molecule has 0 spiro atoms. The summed E-state index contributed by atoms with van der Waals surface area (Å²) in [5.74, 6) is -1.84. The average Bonchev–Trinajstić information content (AvgIpc) is 2.33. The van der Waals surface area contributed by atoms with E-state index in [1.165, 1.54) is 18.3 Å². The third-order valence-electron chi connectivity index (χ3n) is 2.62. The minimum absolute atomic E-state index is 0.242. The van der Waals surface area contributed by atoms with Crippen molar-refractivity contribution in [2.24, 2.45) is 0 Å². The Hall–Kier alpha value is -1.88. The van der Waals surface area contributed by atoms with Crippen molar-refractivity contribution in [1.82, 2.24) is 10.3 Å². The van der Waals surface area contributed by atoms with E-state index in [0.717, 1.165) is 18.3 Å². The highest BCUT2D eigenvalue weighted by Gasteiger charge is 2.17. The molecule has 0 aliphatic carbocycles. The fourth-order valence-electron chi connectivity index (χ4n) is 1.82. The quantitative estimate of drug-likeness (QED) is 0.908. The van der Waals surface area contributed by atoms with Crippen LogP contribution in [0.5, 0.6) is 0 Å². The number of pyridine rings is 1. The third-order valence-corrected chi connectivity index (χ3v) is 2.62. The molecule has 1 aromatic heterocycles. The molecule has 0 amide bonds. The molecule has 0 aliphatic rings. The molecule has 5 heteroatoms. The van der Waals surface area contributed by atoms with Crippen molar-refractivity contribution in [2.75, 3.05) is 7.05 Å². The maximum Gasteiger partial charge on any atom is 0.141 e. The van der Waals surface area contributed by atoms with Gasteiger partial charge in [-0.1, -0.05) is 6.07 Å². The largest absolute Gasteiger partial charge is 0.309 e. The van der Waals surface area contributed by atoms with Gasteiger partial charge in [0.15, 0.2) is 0 Å². The van der Waals surface area contributed by atoms with Crippen molar-refractivity contribution in [3.05, 3.63) is 65.2 Å². The lowest BCUT2D eigenvalue weighted by atomic mass is 10.00. The van der Waals surface area contributed by atoms with E-state index in [2.05, 4.69) is 10.3 Å². The summed E-state index contributed by atoms with van der Waals surface area (Å²) >= 11 is 0. The van der Waals surface area contributed by atoms with E-state index in [-0.39, 0.29) is 5.56 Å². The molecule has 1 unspecified atom stereocenters. The van der Waals surface area contributed by atoms with Crippen LogP contribution in [0.3, 0.4) is 0 Å². The molecule has 94 valence electrons. The second-order valence-electron chi connectivity index (χ2n) is 3.82. The number of hydrogen-bond donors (Lipinski definition) is 1. The van der Waals surface area contributed by atoms with Gasteiger partial charge in [-0.05, 0) is 24.7 Å². The number of nitrogens with one attached hydrogen (secondary N) is 1. The minimum atomic E-state index is -0.682. The molecular formula is C13H11F3N2. The molecule has 0 saturated heterocycles. The van der Waals surface area contributed by atoms with E-state index in [1.807, 2.05) is 0 Å². The van der Waals surface area contributed by atoms with Gasteiger partial charge in [0.2, 0.25) is 0 Å². The zero-order valence-electron chi connectivity index (χ0n) is 9.62. The van der Waals surface area contributed by atoms with Gasteiger partial charge >= 0.3 is 0 Å². The van der Waals surface area contributed by atoms with Crippen LogP contribution in [0, 0.1) is 17.5 Å². The fourth-order valence-corrected chi connectivity index (χ4v) is 1.82. The van der Waals surface area contributed by atoms with Crippen molar-refractivity contribution in [1.29, 1.82) is 0 Å². The van der Waals surface area contributed by atoms with Crippen molar-refractivity contribution >= 4 is 0 Å². The highest BCUT2D eigenvalue weighted by Crippen LogP contribution is 2.24. The molecule has 2 nitrogen and oxygen atoms in total. The SMILES string of the molecule is CNC(c1cncc(F)c1)c1ccc(F)cc1F. The number of hydrogen-bond acceptors (Lipinski definition) is 2. The first-order valence-corrected chi connectivity index (χ1v) is 5.34. The molecule has 1 heterocycles. The number of aromatic nitrogens is 1. The average molecular weight is 252 g/mol. The Morgan fingerprint density at radius 1 is 1.06 bits per heavy atom. The summed E-state index contributed by atoms with van der Waals surface area (Å²) in [4.78, 5) is 3.71. The van der Waals surface area contributed by atoms with Gasteiger partial charge in [0, 0.05) is 17.8 Å². The Morgan fingerprint density at radius 3 is 2.44 bits per heavy atom. The second kappa shape index (κ2) is 5.18. The van der Waals surface area contributed by atoms with Crippen LogP contribution in [0.2, 0.25) is 0 Å². The molecule has 0 fully saturated rings. The molecule has 2 rings (SSSR count). The summed E-state index contributed by atoms with van der Waals surface area (Å²) in [6.07, 6.45) is 2.50. The molecule has 1 atom stereocenters. The lowest BCUT2D eigenvalue weighted by Crippen LogP contribution is -2.19. The Kier molecular flexibility index (Phi) is 3.62. The van der Waals surface area contributed by atoms with Gasteiger partial charge in [0.1, 0.15) is 17.5 Å². The summed E-state index contributed by atoms with van der Waals surface area (Å²) in [5, 5.41) is 2.85. The number of halogens is 3. The molecular weight excluding hydrogens is 241 g/mol. The Balaban J connectivity index is 2.45. The first-order chi connectivity index (χ1) is 8.61. The Bertz CT molecular complexity index is 558. The highest BCUT2D eigenvalue weighted by atomic mass is 19.1. The summed E-state index contributed by atoms with van der Waals surface area (Å²) in [7, 11) is 1.61. The van der Waals surface area contributed by atoms with Crippen molar-refractivity contribution in [3.63, 3.8) is 0 Å². The predicted molar refractivity (Wildman–Crippen MR) is 61.5 cm³/mol. The van der Waals surface area contributed by atoms with Crippen LogP contribution in [0.15, 0.2) is 36.7 Å². The first kappa shape index (κ1) is 12.6. The van der Waals surface area contributed by atoms with Crippen LogP contribution in [-0.4, -0.2) is 12.0 Å². The van der Waals surface area contributed by atoms with Crippen LogP contribution in [0.1, 0.15) is 17.2 Å². The summed E-state index contributed by atoms with van der Waals surface area (Å²) in [5.41, 5.74) is 0.717. The van der Waals surface area contributed by atoms with E-state index in [1.54, 1.807) is 7.05 Å². The van der Waals surface area contributed by atoms with Gasteiger partial charge in [-0.3, -0.25) is 4.98 Å². The minimum Gasteiger partial charge on any atom is -0.309 e. The molecule has 0 bridgehead atoms. The zero-order valence-corrected chi connectivity index (χ0v) is 9.62. The highest BCUT2D eigenvalue weighted by molar-refractivity contribution is 5.31. The van der Waals surface area contributed by atoms with Crippen LogP contribution >= 0.6 is 0 Å². The van der Waals surface area contributed by atoms with Gasteiger partial charge in [-0.15, -0.1) is 0 Å². The second-order valence-corrected chi connectivity index (χ2v) is 3.82. The van der Waals surface area contributed by atoms with Crippen molar-refractivity contribution in [3.8, 4) is 0 Å². The van der Waals surface area contributed by atoms with Gasteiger partial charge < -0.3 is 5.32 Å².